The molecule has 1 aromatic rings. The monoisotopic (exact) mass is 325 g/mol. The standard InChI is InChI=1S/C15H27N5OS/c1-6-7-20-14(16)17-18-15(20)22-10-13(21)19(8-11(2)3)9-12(4)5/h6,11-12H,1,7-10H2,2-5H3,(H2,16,17). The van der Waals surface area contributed by atoms with Gasteiger partial charge in [-0.25, -0.2) is 0 Å². The second-order valence-corrected chi connectivity index (χ2v) is 7.06. The summed E-state index contributed by atoms with van der Waals surface area (Å²) in [4.78, 5) is 14.4. The number of nitrogen functional groups attached to an aromatic ring is 1. The molecule has 0 fully saturated rings. The maximum atomic E-state index is 12.5. The van der Waals surface area contributed by atoms with Crippen molar-refractivity contribution in [2.24, 2.45) is 11.8 Å². The number of carbonyl (C=O) groups excluding carboxylic acids is 1. The van der Waals surface area contributed by atoms with Gasteiger partial charge >= 0.3 is 0 Å². The van der Waals surface area contributed by atoms with Crippen molar-refractivity contribution in [1.29, 1.82) is 0 Å². The number of hydrogen-bond donors (Lipinski definition) is 1. The van der Waals surface area contributed by atoms with Crippen LogP contribution >= 0.6 is 11.8 Å². The highest BCUT2D eigenvalue weighted by Gasteiger charge is 2.18. The molecule has 1 aromatic heterocycles. The van der Waals surface area contributed by atoms with Crippen LogP contribution in [0.15, 0.2) is 17.8 Å². The molecule has 22 heavy (non-hydrogen) atoms. The Kier molecular flexibility index (Phi) is 7.44. The quantitative estimate of drug-likeness (QED) is 0.557. The van der Waals surface area contributed by atoms with E-state index >= 15 is 0 Å². The number of rotatable bonds is 9. The van der Waals surface area contributed by atoms with Crippen LogP contribution in [0.1, 0.15) is 27.7 Å². The molecule has 0 atom stereocenters. The molecular weight excluding hydrogens is 298 g/mol. The molecule has 0 saturated carbocycles. The fourth-order valence-electron chi connectivity index (χ4n) is 2.08. The molecule has 1 amide bonds. The van der Waals surface area contributed by atoms with E-state index in [0.29, 0.717) is 35.2 Å². The Morgan fingerprint density at radius 2 is 1.91 bits per heavy atom. The summed E-state index contributed by atoms with van der Waals surface area (Å²) < 4.78 is 1.75. The van der Waals surface area contributed by atoms with Crippen molar-refractivity contribution in [2.75, 3.05) is 24.6 Å². The number of thioether (sulfide) groups is 1. The third-order valence-electron chi connectivity index (χ3n) is 2.91. The maximum absolute atomic E-state index is 12.5. The van der Waals surface area contributed by atoms with E-state index in [9.17, 15) is 4.79 Å². The summed E-state index contributed by atoms with van der Waals surface area (Å²) in [6.07, 6.45) is 1.73. The molecular formula is C15H27N5OS. The lowest BCUT2D eigenvalue weighted by Crippen LogP contribution is -2.38. The van der Waals surface area contributed by atoms with Crippen molar-refractivity contribution in [3.8, 4) is 0 Å². The van der Waals surface area contributed by atoms with Gasteiger partial charge < -0.3 is 10.6 Å². The van der Waals surface area contributed by atoms with Crippen molar-refractivity contribution < 1.29 is 4.79 Å². The van der Waals surface area contributed by atoms with Crippen LogP contribution < -0.4 is 5.73 Å². The minimum absolute atomic E-state index is 0.124. The van der Waals surface area contributed by atoms with Gasteiger partial charge in [-0.05, 0) is 11.8 Å². The molecule has 0 radical (unpaired) electrons. The minimum Gasteiger partial charge on any atom is -0.368 e. The van der Waals surface area contributed by atoms with E-state index in [1.54, 1.807) is 10.6 Å². The summed E-state index contributed by atoms with van der Waals surface area (Å²) in [5.74, 6) is 1.71. The molecule has 1 heterocycles. The second kappa shape index (κ2) is 8.82. The Morgan fingerprint density at radius 1 is 1.32 bits per heavy atom. The van der Waals surface area contributed by atoms with Gasteiger partial charge in [-0.15, -0.1) is 16.8 Å². The molecule has 0 aromatic carbocycles. The molecule has 0 aliphatic rings. The van der Waals surface area contributed by atoms with E-state index in [-0.39, 0.29) is 5.91 Å². The summed E-state index contributed by atoms with van der Waals surface area (Å²) in [5.41, 5.74) is 5.76. The first kappa shape index (κ1) is 18.5. The average molecular weight is 325 g/mol. The largest absolute Gasteiger partial charge is 0.368 e. The van der Waals surface area contributed by atoms with E-state index in [1.807, 2.05) is 4.90 Å². The molecule has 124 valence electrons. The van der Waals surface area contributed by atoms with Gasteiger partial charge in [-0.2, -0.15) is 0 Å². The highest BCUT2D eigenvalue weighted by Crippen LogP contribution is 2.19. The van der Waals surface area contributed by atoms with Crippen molar-refractivity contribution in [3.05, 3.63) is 12.7 Å². The van der Waals surface area contributed by atoms with Gasteiger partial charge in [0.1, 0.15) is 0 Å². The first-order valence-electron chi connectivity index (χ1n) is 7.55. The lowest BCUT2D eigenvalue weighted by Gasteiger charge is -2.26. The number of carbonyl (C=O) groups is 1. The van der Waals surface area contributed by atoms with Crippen LogP contribution in [0.3, 0.4) is 0 Å². The zero-order chi connectivity index (χ0) is 16.7. The smallest absolute Gasteiger partial charge is 0.233 e. The van der Waals surface area contributed by atoms with E-state index in [4.69, 9.17) is 5.73 Å². The van der Waals surface area contributed by atoms with E-state index in [0.717, 1.165) is 13.1 Å². The average Bonchev–Trinajstić information content (AvgIpc) is 2.76. The van der Waals surface area contributed by atoms with Crippen LogP contribution in [0.25, 0.3) is 0 Å². The lowest BCUT2D eigenvalue weighted by atomic mass is 10.1. The Bertz CT molecular complexity index is 488. The summed E-state index contributed by atoms with van der Waals surface area (Å²) in [7, 11) is 0. The normalized spacial score (nSPS) is 11.2. The molecule has 6 nitrogen and oxygen atoms in total. The van der Waals surface area contributed by atoms with Crippen LogP contribution in [0.4, 0.5) is 5.95 Å². The minimum atomic E-state index is 0.124. The molecule has 1 rings (SSSR count). The Labute approximate surface area is 137 Å². The third-order valence-corrected chi connectivity index (χ3v) is 3.86. The summed E-state index contributed by atoms with van der Waals surface area (Å²) >= 11 is 1.37. The predicted octanol–water partition coefficient (Wildman–Crippen LogP) is 2.28. The van der Waals surface area contributed by atoms with Crippen molar-refractivity contribution in [1.82, 2.24) is 19.7 Å². The number of nitrogens with zero attached hydrogens (tertiary/aromatic N) is 4. The number of aromatic nitrogens is 3. The van der Waals surface area contributed by atoms with Crippen molar-refractivity contribution in [2.45, 2.75) is 39.4 Å². The summed E-state index contributed by atoms with van der Waals surface area (Å²) in [6.45, 7) is 14.3. The SMILES string of the molecule is C=CCn1c(N)nnc1SCC(=O)N(CC(C)C)CC(C)C. The molecule has 0 spiro atoms. The molecule has 7 heteroatoms. The highest BCUT2D eigenvalue weighted by molar-refractivity contribution is 7.99. The number of hydrogen-bond acceptors (Lipinski definition) is 5. The Hall–Kier alpha value is -1.50. The second-order valence-electron chi connectivity index (χ2n) is 6.12. The number of allylic oxidation sites excluding steroid dienone is 1. The zero-order valence-electron chi connectivity index (χ0n) is 14.0. The highest BCUT2D eigenvalue weighted by atomic mass is 32.2. The molecule has 0 bridgehead atoms. The molecule has 0 aliphatic carbocycles. The molecule has 0 unspecified atom stereocenters. The van der Waals surface area contributed by atoms with Crippen LogP contribution in [-0.2, 0) is 11.3 Å². The van der Waals surface area contributed by atoms with Crippen LogP contribution in [0, 0.1) is 11.8 Å². The lowest BCUT2D eigenvalue weighted by molar-refractivity contribution is -0.129. The zero-order valence-corrected chi connectivity index (χ0v) is 14.8. The van der Waals surface area contributed by atoms with Gasteiger partial charge in [0.25, 0.3) is 0 Å². The van der Waals surface area contributed by atoms with Gasteiger partial charge in [-0.3, -0.25) is 9.36 Å². The Balaban J connectivity index is 2.68. The van der Waals surface area contributed by atoms with Crippen LogP contribution in [0.2, 0.25) is 0 Å². The van der Waals surface area contributed by atoms with Crippen LogP contribution in [-0.4, -0.2) is 44.4 Å². The first-order chi connectivity index (χ1) is 10.3. The van der Waals surface area contributed by atoms with Gasteiger partial charge in [-0.1, -0.05) is 45.5 Å². The van der Waals surface area contributed by atoms with E-state index in [1.165, 1.54) is 11.8 Å². The number of amides is 1. The predicted molar refractivity (Wildman–Crippen MR) is 91.6 cm³/mol. The third kappa shape index (κ3) is 5.71. The van der Waals surface area contributed by atoms with Gasteiger partial charge in [0, 0.05) is 19.6 Å². The van der Waals surface area contributed by atoms with Gasteiger partial charge in [0.05, 0.1) is 5.75 Å². The number of anilines is 1. The first-order valence-corrected chi connectivity index (χ1v) is 8.53. The van der Waals surface area contributed by atoms with Gasteiger partial charge in [0.2, 0.25) is 11.9 Å². The number of nitrogens with two attached hydrogens (primary N) is 1. The maximum Gasteiger partial charge on any atom is 0.233 e. The summed E-state index contributed by atoms with van der Waals surface area (Å²) in [5, 5.41) is 8.52. The fourth-order valence-corrected chi connectivity index (χ4v) is 2.94. The summed E-state index contributed by atoms with van der Waals surface area (Å²) in [6, 6.07) is 0. The van der Waals surface area contributed by atoms with Gasteiger partial charge in [0.15, 0.2) is 5.16 Å². The van der Waals surface area contributed by atoms with Crippen molar-refractivity contribution >= 4 is 23.6 Å². The molecule has 0 aliphatic heterocycles. The van der Waals surface area contributed by atoms with Crippen LogP contribution in [0.5, 0.6) is 0 Å². The molecule has 2 N–H and O–H groups in total. The Morgan fingerprint density at radius 3 is 2.41 bits per heavy atom. The molecule has 0 saturated heterocycles. The fraction of sp³-hybridized carbons (Fsp3) is 0.667. The van der Waals surface area contributed by atoms with E-state index in [2.05, 4.69) is 44.5 Å². The van der Waals surface area contributed by atoms with Crippen molar-refractivity contribution in [3.63, 3.8) is 0 Å². The topological polar surface area (TPSA) is 77.0 Å². The van der Waals surface area contributed by atoms with E-state index < -0.39 is 0 Å².